The molecule has 1 amide bonds. The normalized spacial score (nSPS) is 27.7. The Morgan fingerprint density at radius 1 is 1.42 bits per heavy atom. The van der Waals surface area contributed by atoms with Crippen LogP contribution < -0.4 is 11.5 Å². The smallest absolute Gasteiger partial charge is 0.226 e. The second-order valence-corrected chi connectivity index (χ2v) is 6.70. The molecule has 0 fully saturated rings. The van der Waals surface area contributed by atoms with Gasteiger partial charge in [0, 0.05) is 4.91 Å². The lowest BCUT2D eigenvalue weighted by Gasteiger charge is -2.25. The maximum Gasteiger partial charge on any atom is 0.226 e. The highest BCUT2D eigenvalue weighted by molar-refractivity contribution is 8.04. The van der Waals surface area contributed by atoms with E-state index in [1.54, 1.807) is 13.8 Å². The van der Waals surface area contributed by atoms with Gasteiger partial charge in [-0.2, -0.15) is 0 Å². The quantitative estimate of drug-likeness (QED) is 0.729. The van der Waals surface area contributed by atoms with Gasteiger partial charge in [-0.15, -0.1) is 11.8 Å². The van der Waals surface area contributed by atoms with Crippen molar-refractivity contribution in [3.05, 3.63) is 34.3 Å². The van der Waals surface area contributed by atoms with Gasteiger partial charge in [-0.3, -0.25) is 4.79 Å². The average molecular weight is 280 g/mol. The number of primary amides is 1. The van der Waals surface area contributed by atoms with Crippen molar-refractivity contribution in [3.63, 3.8) is 0 Å². The third-order valence-electron chi connectivity index (χ3n) is 3.53. The molecule has 0 spiro atoms. The maximum absolute atomic E-state index is 11.2. The molecule has 0 saturated heterocycles. The number of allylic oxidation sites excluding steroid dienone is 3. The van der Waals surface area contributed by atoms with E-state index in [2.05, 4.69) is 0 Å². The fraction of sp³-hybridized carbons (Fsp3) is 0.500. The van der Waals surface area contributed by atoms with Crippen molar-refractivity contribution in [1.82, 2.24) is 0 Å². The summed E-state index contributed by atoms with van der Waals surface area (Å²) in [6.07, 6.45) is 7.51. The van der Waals surface area contributed by atoms with E-state index in [1.165, 1.54) is 11.8 Å². The molecule has 0 aromatic rings. The molecule has 5 heteroatoms. The van der Waals surface area contributed by atoms with Crippen LogP contribution in [0.15, 0.2) is 34.3 Å². The molecule has 2 aliphatic rings. The first-order chi connectivity index (χ1) is 8.79. The molecule has 0 radical (unpaired) electrons. The topological polar surface area (TPSA) is 89.3 Å². The summed E-state index contributed by atoms with van der Waals surface area (Å²) in [6.45, 7) is 3.58. The Morgan fingerprint density at radius 2 is 2.11 bits per heavy atom. The molecule has 4 nitrogen and oxygen atoms in total. The third-order valence-corrected chi connectivity index (χ3v) is 4.75. The summed E-state index contributed by atoms with van der Waals surface area (Å²) in [6, 6.07) is 0. The fourth-order valence-electron chi connectivity index (χ4n) is 2.30. The van der Waals surface area contributed by atoms with Gasteiger partial charge in [0.15, 0.2) is 0 Å². The number of thioether (sulfide) groups is 1. The zero-order chi connectivity index (χ0) is 14.2. The summed E-state index contributed by atoms with van der Waals surface area (Å²) in [5.41, 5.74) is 12.6. The maximum atomic E-state index is 11.2. The minimum Gasteiger partial charge on any atom is -0.386 e. The molecule has 5 N–H and O–H groups in total. The Hall–Kier alpha value is -1.04. The van der Waals surface area contributed by atoms with Crippen molar-refractivity contribution in [1.29, 1.82) is 0 Å². The lowest BCUT2D eigenvalue weighted by Crippen LogP contribution is -2.33. The van der Waals surface area contributed by atoms with Gasteiger partial charge in [-0.1, -0.05) is 18.2 Å². The molecule has 0 saturated carbocycles. The SMILES string of the molecule is CC(C)(O)C1=CC=C(C2=CC(C(N)=O)C(N)S2)CC1. The highest BCUT2D eigenvalue weighted by atomic mass is 32.2. The number of rotatable bonds is 3. The van der Waals surface area contributed by atoms with Gasteiger partial charge < -0.3 is 16.6 Å². The van der Waals surface area contributed by atoms with E-state index >= 15 is 0 Å². The van der Waals surface area contributed by atoms with E-state index in [4.69, 9.17) is 11.5 Å². The van der Waals surface area contributed by atoms with Gasteiger partial charge in [-0.25, -0.2) is 0 Å². The Kier molecular flexibility index (Phi) is 3.90. The Balaban J connectivity index is 2.18. The van der Waals surface area contributed by atoms with Crippen LogP contribution in [0.4, 0.5) is 0 Å². The predicted octanol–water partition coefficient (Wildman–Crippen LogP) is 1.42. The molecule has 0 aromatic carbocycles. The van der Waals surface area contributed by atoms with E-state index in [0.29, 0.717) is 0 Å². The third kappa shape index (κ3) is 3.11. The highest BCUT2D eigenvalue weighted by Gasteiger charge is 2.31. The summed E-state index contributed by atoms with van der Waals surface area (Å²) < 4.78 is 0. The number of amides is 1. The number of carbonyl (C=O) groups excluding carboxylic acids is 1. The first-order valence-electron chi connectivity index (χ1n) is 6.35. The van der Waals surface area contributed by atoms with Crippen LogP contribution in [-0.4, -0.2) is 22.0 Å². The van der Waals surface area contributed by atoms with Gasteiger partial charge >= 0.3 is 0 Å². The molecule has 2 atom stereocenters. The van der Waals surface area contributed by atoms with Gasteiger partial charge in [-0.05, 0) is 37.8 Å². The molecule has 1 heterocycles. The largest absolute Gasteiger partial charge is 0.386 e. The van der Waals surface area contributed by atoms with Crippen LogP contribution in [0, 0.1) is 5.92 Å². The van der Waals surface area contributed by atoms with Crippen LogP contribution in [0.25, 0.3) is 0 Å². The molecule has 104 valence electrons. The van der Waals surface area contributed by atoms with E-state index in [1.807, 2.05) is 18.2 Å². The van der Waals surface area contributed by atoms with Gasteiger partial charge in [0.2, 0.25) is 5.91 Å². The zero-order valence-corrected chi connectivity index (χ0v) is 12.0. The zero-order valence-electron chi connectivity index (χ0n) is 11.2. The molecule has 1 aliphatic heterocycles. The number of nitrogens with two attached hydrogens (primary N) is 2. The minimum atomic E-state index is -0.772. The average Bonchev–Trinajstić information content (AvgIpc) is 2.70. The molecular weight excluding hydrogens is 260 g/mol. The van der Waals surface area contributed by atoms with Crippen molar-refractivity contribution in [3.8, 4) is 0 Å². The van der Waals surface area contributed by atoms with Crippen LogP contribution in [0.3, 0.4) is 0 Å². The lowest BCUT2D eigenvalue weighted by atomic mass is 9.88. The van der Waals surface area contributed by atoms with Crippen LogP contribution in [0.2, 0.25) is 0 Å². The Bertz CT molecular complexity index is 486. The summed E-state index contributed by atoms with van der Waals surface area (Å²) in [5.74, 6) is -0.764. The summed E-state index contributed by atoms with van der Waals surface area (Å²) in [5, 5.41) is 9.67. The van der Waals surface area contributed by atoms with E-state index in [0.717, 1.165) is 28.9 Å². The summed E-state index contributed by atoms with van der Waals surface area (Å²) in [7, 11) is 0. The molecule has 2 unspecified atom stereocenters. The monoisotopic (exact) mass is 280 g/mol. The van der Waals surface area contributed by atoms with Gasteiger partial charge in [0.25, 0.3) is 0 Å². The first kappa shape index (κ1) is 14.4. The Labute approximate surface area is 117 Å². The van der Waals surface area contributed by atoms with Gasteiger partial charge in [0.1, 0.15) is 0 Å². The second-order valence-electron chi connectivity index (χ2n) is 5.48. The molecule has 0 bridgehead atoms. The number of hydrogen-bond acceptors (Lipinski definition) is 4. The van der Waals surface area contributed by atoms with Crippen LogP contribution in [-0.2, 0) is 4.79 Å². The molecule has 1 aliphatic carbocycles. The molecule has 19 heavy (non-hydrogen) atoms. The van der Waals surface area contributed by atoms with Gasteiger partial charge in [0.05, 0.1) is 16.9 Å². The predicted molar refractivity (Wildman–Crippen MR) is 78.0 cm³/mol. The number of carbonyl (C=O) groups is 1. The summed E-state index contributed by atoms with van der Waals surface area (Å²) >= 11 is 1.50. The van der Waals surface area contributed by atoms with E-state index in [-0.39, 0.29) is 17.2 Å². The van der Waals surface area contributed by atoms with Crippen molar-refractivity contribution >= 4 is 17.7 Å². The second kappa shape index (κ2) is 5.15. The van der Waals surface area contributed by atoms with Crippen molar-refractivity contribution in [2.45, 2.75) is 37.7 Å². The number of hydrogen-bond donors (Lipinski definition) is 3. The van der Waals surface area contributed by atoms with Crippen LogP contribution in [0.1, 0.15) is 26.7 Å². The number of aliphatic hydroxyl groups is 1. The standard InChI is InChI=1S/C14H20N2O2S/c1-14(2,18)9-5-3-8(4-6-9)11-7-10(12(15)17)13(16)19-11/h3,5,7,10,13,18H,4,6,16H2,1-2H3,(H2,15,17). The summed E-state index contributed by atoms with van der Waals surface area (Å²) in [4.78, 5) is 12.3. The molecular formula is C14H20N2O2S. The van der Waals surface area contributed by atoms with E-state index < -0.39 is 5.60 Å². The van der Waals surface area contributed by atoms with Crippen molar-refractivity contribution < 1.29 is 9.90 Å². The minimum absolute atomic E-state index is 0.284. The fourth-order valence-corrected chi connectivity index (χ4v) is 3.50. The van der Waals surface area contributed by atoms with Crippen molar-refractivity contribution in [2.24, 2.45) is 17.4 Å². The van der Waals surface area contributed by atoms with Crippen molar-refractivity contribution in [2.75, 3.05) is 0 Å². The van der Waals surface area contributed by atoms with Crippen LogP contribution in [0.5, 0.6) is 0 Å². The highest BCUT2D eigenvalue weighted by Crippen LogP contribution is 2.41. The lowest BCUT2D eigenvalue weighted by molar-refractivity contribution is -0.120. The molecule has 0 aromatic heterocycles. The first-order valence-corrected chi connectivity index (χ1v) is 7.23. The van der Waals surface area contributed by atoms with Crippen LogP contribution >= 0.6 is 11.8 Å². The van der Waals surface area contributed by atoms with E-state index in [9.17, 15) is 9.90 Å². The molecule has 2 rings (SSSR count). The Morgan fingerprint density at radius 3 is 2.53 bits per heavy atom.